The van der Waals surface area contributed by atoms with Crippen LogP contribution in [0.15, 0.2) is 24.3 Å². The van der Waals surface area contributed by atoms with Gasteiger partial charge in [0.2, 0.25) is 0 Å². The fraction of sp³-hybridized carbons (Fsp3) is 0.571. The first-order valence-electron chi connectivity index (χ1n) is 6.51. The van der Waals surface area contributed by atoms with Gasteiger partial charge < -0.3 is 10.4 Å². The van der Waals surface area contributed by atoms with Crippen molar-refractivity contribution in [2.45, 2.75) is 25.9 Å². The van der Waals surface area contributed by atoms with Crippen LogP contribution in [0, 0.1) is 6.92 Å². The van der Waals surface area contributed by atoms with Crippen molar-refractivity contribution < 1.29 is 10.4 Å². The van der Waals surface area contributed by atoms with E-state index >= 15 is 0 Å². The molecule has 1 aliphatic heterocycles. The predicted octanol–water partition coefficient (Wildman–Crippen LogP) is 0.125. The number of aryl methyl sites for hydroxylation is 1. The zero-order valence-corrected chi connectivity index (χ0v) is 10.6. The van der Waals surface area contributed by atoms with E-state index in [9.17, 15) is 0 Å². The highest BCUT2D eigenvalue weighted by Crippen LogP contribution is 2.11. The van der Waals surface area contributed by atoms with Crippen molar-refractivity contribution in [1.29, 1.82) is 0 Å². The maximum Gasteiger partial charge on any atom is 0.0914 e. The number of hydrogen-bond donors (Lipinski definition) is 2. The van der Waals surface area contributed by atoms with Gasteiger partial charge in [-0.05, 0) is 18.9 Å². The molecule has 1 heterocycles. The molecule has 1 atom stereocenters. The maximum absolute atomic E-state index is 9.10. The van der Waals surface area contributed by atoms with Gasteiger partial charge in [-0.25, -0.2) is 0 Å². The molecule has 1 saturated heterocycles. The van der Waals surface area contributed by atoms with Crippen LogP contribution in [0.25, 0.3) is 0 Å². The molecule has 0 amide bonds. The second-order valence-electron chi connectivity index (χ2n) is 4.94. The molecule has 1 aromatic rings. The molecule has 2 rings (SSSR count). The van der Waals surface area contributed by atoms with Gasteiger partial charge in [0.25, 0.3) is 0 Å². The molecule has 0 aromatic heterocycles. The van der Waals surface area contributed by atoms with Gasteiger partial charge in [-0.15, -0.1) is 0 Å². The van der Waals surface area contributed by atoms with Crippen LogP contribution in [0.2, 0.25) is 0 Å². The second kappa shape index (κ2) is 6.15. The first kappa shape index (κ1) is 12.6. The lowest BCUT2D eigenvalue weighted by atomic mass is 10.1. The van der Waals surface area contributed by atoms with Crippen molar-refractivity contribution in [3.05, 3.63) is 35.4 Å². The Morgan fingerprint density at radius 1 is 1.35 bits per heavy atom. The minimum absolute atomic E-state index is 0.295. The molecule has 0 radical (unpaired) electrons. The molecule has 0 aliphatic carbocycles. The molecule has 1 aliphatic rings. The van der Waals surface area contributed by atoms with Gasteiger partial charge in [0.1, 0.15) is 0 Å². The van der Waals surface area contributed by atoms with Crippen molar-refractivity contribution in [3.63, 3.8) is 0 Å². The summed E-state index contributed by atoms with van der Waals surface area (Å²) in [5.74, 6) is 0. The molecule has 0 unspecified atom stereocenters. The SMILES string of the molecule is Cc1ccc(CN2CC[NH2+]C[C@@H]2CCO)cc1. The zero-order valence-electron chi connectivity index (χ0n) is 10.6. The van der Waals surface area contributed by atoms with Gasteiger partial charge in [0.15, 0.2) is 0 Å². The molecule has 0 bridgehead atoms. The summed E-state index contributed by atoms with van der Waals surface area (Å²) in [5.41, 5.74) is 2.69. The third-order valence-corrected chi connectivity index (χ3v) is 3.54. The largest absolute Gasteiger partial charge is 0.396 e. The minimum Gasteiger partial charge on any atom is -0.396 e. The van der Waals surface area contributed by atoms with Crippen LogP contribution in [-0.2, 0) is 6.54 Å². The standard InChI is InChI=1S/C14H22N2O/c1-12-2-4-13(5-3-12)11-16-8-7-15-10-14(16)6-9-17/h2-5,14-15,17H,6-11H2,1H3/p+1/t14-/m0/s1. The molecule has 3 nitrogen and oxygen atoms in total. The van der Waals surface area contributed by atoms with Crippen molar-refractivity contribution in [2.24, 2.45) is 0 Å². The van der Waals surface area contributed by atoms with Crippen molar-refractivity contribution in [3.8, 4) is 0 Å². The van der Waals surface area contributed by atoms with E-state index in [1.165, 1.54) is 17.7 Å². The van der Waals surface area contributed by atoms with Gasteiger partial charge in [-0.1, -0.05) is 29.8 Å². The maximum atomic E-state index is 9.10. The number of aliphatic hydroxyl groups excluding tert-OH is 1. The smallest absolute Gasteiger partial charge is 0.0914 e. The van der Waals surface area contributed by atoms with Crippen LogP contribution in [-0.4, -0.2) is 42.3 Å². The van der Waals surface area contributed by atoms with Crippen LogP contribution in [0.4, 0.5) is 0 Å². The molecule has 94 valence electrons. The van der Waals surface area contributed by atoms with Gasteiger partial charge in [0, 0.05) is 19.7 Å². The molecule has 0 saturated carbocycles. The summed E-state index contributed by atoms with van der Waals surface area (Å²) in [6, 6.07) is 9.29. The monoisotopic (exact) mass is 235 g/mol. The summed E-state index contributed by atoms with van der Waals surface area (Å²) >= 11 is 0. The summed E-state index contributed by atoms with van der Waals surface area (Å²) in [4.78, 5) is 2.50. The topological polar surface area (TPSA) is 40.1 Å². The third-order valence-electron chi connectivity index (χ3n) is 3.54. The molecule has 17 heavy (non-hydrogen) atoms. The molecular formula is C14H23N2O+. The van der Waals surface area contributed by atoms with Crippen molar-refractivity contribution in [2.75, 3.05) is 26.2 Å². The molecule has 1 fully saturated rings. The Labute approximate surface area is 103 Å². The Hall–Kier alpha value is -0.900. The summed E-state index contributed by atoms with van der Waals surface area (Å²) < 4.78 is 0. The van der Waals surface area contributed by atoms with E-state index in [1.54, 1.807) is 0 Å². The van der Waals surface area contributed by atoms with Gasteiger partial charge >= 0.3 is 0 Å². The Bertz CT molecular complexity index is 335. The van der Waals surface area contributed by atoms with E-state index < -0.39 is 0 Å². The number of nitrogens with zero attached hydrogens (tertiary/aromatic N) is 1. The molecule has 3 N–H and O–H groups in total. The summed E-state index contributed by atoms with van der Waals surface area (Å²) in [5, 5.41) is 11.5. The van der Waals surface area contributed by atoms with Crippen molar-refractivity contribution in [1.82, 2.24) is 4.90 Å². The highest BCUT2D eigenvalue weighted by molar-refractivity contribution is 5.21. The normalized spacial score (nSPS) is 21.6. The number of rotatable bonds is 4. The summed E-state index contributed by atoms with van der Waals surface area (Å²) in [7, 11) is 0. The zero-order chi connectivity index (χ0) is 12.1. The van der Waals surface area contributed by atoms with Crippen LogP contribution >= 0.6 is 0 Å². The Balaban J connectivity index is 1.97. The number of benzene rings is 1. The summed E-state index contributed by atoms with van der Waals surface area (Å²) in [6.07, 6.45) is 0.891. The van der Waals surface area contributed by atoms with Gasteiger partial charge in [-0.2, -0.15) is 0 Å². The lowest BCUT2D eigenvalue weighted by molar-refractivity contribution is -0.669. The van der Waals surface area contributed by atoms with E-state index in [1.807, 2.05) is 0 Å². The first-order valence-corrected chi connectivity index (χ1v) is 6.51. The van der Waals surface area contributed by atoms with Gasteiger partial charge in [-0.3, -0.25) is 4.90 Å². The van der Waals surface area contributed by atoms with Crippen molar-refractivity contribution >= 4 is 0 Å². The predicted molar refractivity (Wildman–Crippen MR) is 68.7 cm³/mol. The minimum atomic E-state index is 0.295. The average Bonchev–Trinajstić information content (AvgIpc) is 2.35. The van der Waals surface area contributed by atoms with Crippen LogP contribution in [0.1, 0.15) is 17.5 Å². The Morgan fingerprint density at radius 3 is 2.82 bits per heavy atom. The average molecular weight is 235 g/mol. The molecule has 0 spiro atoms. The highest BCUT2D eigenvalue weighted by Gasteiger charge is 2.23. The van der Waals surface area contributed by atoms with E-state index in [0.29, 0.717) is 12.6 Å². The fourth-order valence-corrected chi connectivity index (χ4v) is 2.48. The lowest BCUT2D eigenvalue weighted by Crippen LogP contribution is -2.91. The number of aliphatic hydroxyl groups is 1. The van der Waals surface area contributed by atoms with E-state index in [4.69, 9.17) is 5.11 Å². The number of hydrogen-bond acceptors (Lipinski definition) is 2. The van der Waals surface area contributed by atoms with E-state index in [-0.39, 0.29) is 0 Å². The van der Waals surface area contributed by atoms with Gasteiger partial charge in [0.05, 0.1) is 19.1 Å². The number of quaternary nitrogens is 1. The number of nitrogens with two attached hydrogens (primary N) is 1. The summed E-state index contributed by atoms with van der Waals surface area (Å²) in [6.45, 7) is 6.84. The third kappa shape index (κ3) is 3.53. The quantitative estimate of drug-likeness (QED) is 0.778. The molecule has 1 aromatic carbocycles. The Morgan fingerprint density at radius 2 is 2.12 bits per heavy atom. The fourth-order valence-electron chi connectivity index (χ4n) is 2.48. The van der Waals surface area contributed by atoms with Crippen LogP contribution in [0.3, 0.4) is 0 Å². The highest BCUT2D eigenvalue weighted by atomic mass is 16.3. The van der Waals surface area contributed by atoms with E-state index in [2.05, 4.69) is 41.4 Å². The number of piperazine rings is 1. The molecule has 3 heteroatoms. The second-order valence-corrected chi connectivity index (χ2v) is 4.94. The first-order chi connectivity index (χ1) is 8.29. The molecular weight excluding hydrogens is 212 g/mol. The lowest BCUT2D eigenvalue weighted by Gasteiger charge is -2.33. The van der Waals surface area contributed by atoms with E-state index in [0.717, 1.165) is 26.1 Å². The van der Waals surface area contributed by atoms with Crippen LogP contribution in [0.5, 0.6) is 0 Å². The Kier molecular flexibility index (Phi) is 4.54. The van der Waals surface area contributed by atoms with Crippen LogP contribution < -0.4 is 5.32 Å².